The first-order valence-electron chi connectivity index (χ1n) is 3.69. The Hall–Kier alpha value is -1.72. The van der Waals surface area contributed by atoms with Gasteiger partial charge in [0.05, 0.1) is 5.69 Å². The number of benzene rings is 1. The van der Waals surface area contributed by atoms with Crippen molar-refractivity contribution in [3.05, 3.63) is 24.1 Å². The summed E-state index contributed by atoms with van der Waals surface area (Å²) < 4.78 is 41.8. The molecule has 0 aliphatic carbocycles. The van der Waals surface area contributed by atoms with Crippen molar-refractivity contribution in [3.8, 4) is 0 Å². The van der Waals surface area contributed by atoms with Crippen molar-refractivity contribution < 1.29 is 17.6 Å². The number of nitrogens with two attached hydrogens (primary N) is 1. The van der Waals surface area contributed by atoms with E-state index in [1.165, 1.54) is 0 Å². The molecule has 3 nitrogen and oxygen atoms in total. The number of aromatic nitrogens is 1. The predicted octanol–water partition coefficient (Wildman–Crippen LogP) is 2.43. The van der Waals surface area contributed by atoms with Crippen molar-refractivity contribution in [3.63, 3.8) is 0 Å². The first kappa shape index (κ1) is 8.86. The molecular formula is C8H5F3N2O. The molecule has 1 heterocycles. The van der Waals surface area contributed by atoms with Crippen molar-refractivity contribution in [1.82, 2.24) is 4.98 Å². The van der Waals surface area contributed by atoms with Gasteiger partial charge in [0.1, 0.15) is 11.1 Å². The average molecular weight is 202 g/mol. The molecule has 74 valence electrons. The number of hydrogen-bond donors (Lipinski definition) is 1. The van der Waals surface area contributed by atoms with Gasteiger partial charge in [-0.15, -0.1) is 0 Å². The largest absolute Gasteiger partial charge is 0.443 e. The van der Waals surface area contributed by atoms with Crippen LogP contribution in [0, 0.1) is 0 Å². The Balaban J connectivity index is 2.80. The molecule has 0 saturated heterocycles. The molecule has 2 aromatic rings. The lowest BCUT2D eigenvalue weighted by molar-refractivity contribution is -0.136. The normalized spacial score (nSPS) is 12.2. The van der Waals surface area contributed by atoms with Crippen LogP contribution in [0.3, 0.4) is 0 Å². The molecular weight excluding hydrogens is 197 g/mol. The summed E-state index contributed by atoms with van der Waals surface area (Å²) in [7, 11) is 0. The summed E-state index contributed by atoms with van der Waals surface area (Å²) in [5.41, 5.74) is 4.45. The summed E-state index contributed by atoms with van der Waals surface area (Å²) in [6.07, 6.45) is -3.51. The molecule has 0 unspecified atom stereocenters. The van der Waals surface area contributed by atoms with Gasteiger partial charge in [-0.3, -0.25) is 0 Å². The molecule has 0 radical (unpaired) electrons. The Morgan fingerprint density at radius 3 is 2.64 bits per heavy atom. The van der Waals surface area contributed by atoms with E-state index >= 15 is 0 Å². The van der Waals surface area contributed by atoms with E-state index in [1.54, 1.807) is 0 Å². The zero-order chi connectivity index (χ0) is 10.3. The number of fused-ring (bicyclic) bond motifs is 1. The van der Waals surface area contributed by atoms with Crippen molar-refractivity contribution in [1.29, 1.82) is 0 Å². The van der Waals surface area contributed by atoms with Gasteiger partial charge >= 0.3 is 6.18 Å². The minimum absolute atomic E-state index is 0.0415. The van der Waals surface area contributed by atoms with Crippen LogP contribution in [0.1, 0.15) is 5.56 Å². The van der Waals surface area contributed by atoms with Crippen molar-refractivity contribution in [2.75, 3.05) is 5.73 Å². The monoisotopic (exact) mass is 202 g/mol. The minimum Gasteiger partial charge on any atom is -0.443 e. The molecule has 14 heavy (non-hydrogen) atoms. The number of nitrogen functional groups attached to an aromatic ring is 1. The van der Waals surface area contributed by atoms with Crippen LogP contribution >= 0.6 is 0 Å². The summed E-state index contributed by atoms with van der Waals surface area (Å²) in [6.45, 7) is 0. The summed E-state index contributed by atoms with van der Waals surface area (Å²) in [4.78, 5) is 3.60. The van der Waals surface area contributed by atoms with Gasteiger partial charge in [-0.05, 0) is 12.1 Å². The highest BCUT2D eigenvalue weighted by Crippen LogP contribution is 2.36. The van der Waals surface area contributed by atoms with Crippen LogP contribution in [-0.4, -0.2) is 4.98 Å². The fraction of sp³-hybridized carbons (Fsp3) is 0.125. The summed E-state index contributed by atoms with van der Waals surface area (Å²) in [6, 6.07) is 2.04. The Bertz CT molecular complexity index is 475. The molecule has 0 bridgehead atoms. The molecule has 0 aliphatic heterocycles. The van der Waals surface area contributed by atoms with Gasteiger partial charge in [0.25, 0.3) is 0 Å². The SMILES string of the molecule is Nc1ccc(C(F)(F)F)c2ocnc12. The maximum Gasteiger partial charge on any atom is 0.420 e. The first-order chi connectivity index (χ1) is 6.50. The van der Waals surface area contributed by atoms with Crippen LogP contribution in [0.25, 0.3) is 11.1 Å². The smallest absolute Gasteiger partial charge is 0.420 e. The van der Waals surface area contributed by atoms with Crippen LogP contribution in [0.4, 0.5) is 18.9 Å². The molecule has 0 amide bonds. The Labute approximate surface area is 76.3 Å². The average Bonchev–Trinajstić information content (AvgIpc) is 2.50. The van der Waals surface area contributed by atoms with Gasteiger partial charge in [-0.25, -0.2) is 4.98 Å². The van der Waals surface area contributed by atoms with Gasteiger partial charge in [0.15, 0.2) is 12.0 Å². The number of hydrogen-bond acceptors (Lipinski definition) is 3. The molecule has 0 fully saturated rings. The standard InChI is InChI=1S/C8H5F3N2O/c9-8(10,11)4-1-2-5(12)6-7(4)14-3-13-6/h1-3H,12H2. The lowest BCUT2D eigenvalue weighted by atomic mass is 10.1. The molecule has 0 spiro atoms. The van der Waals surface area contributed by atoms with E-state index in [1.807, 2.05) is 0 Å². The number of alkyl halides is 3. The van der Waals surface area contributed by atoms with E-state index in [9.17, 15) is 13.2 Å². The van der Waals surface area contributed by atoms with E-state index in [-0.39, 0.29) is 16.8 Å². The molecule has 1 aromatic heterocycles. The molecule has 1 aromatic carbocycles. The van der Waals surface area contributed by atoms with Gasteiger partial charge in [-0.2, -0.15) is 13.2 Å². The van der Waals surface area contributed by atoms with Gasteiger partial charge in [0.2, 0.25) is 0 Å². The van der Waals surface area contributed by atoms with E-state index in [4.69, 9.17) is 5.73 Å². The van der Waals surface area contributed by atoms with E-state index in [0.29, 0.717) is 0 Å². The molecule has 2 rings (SSSR count). The number of halogens is 3. The van der Waals surface area contributed by atoms with Crippen molar-refractivity contribution in [2.24, 2.45) is 0 Å². The number of nitrogens with zero attached hydrogens (tertiary/aromatic N) is 1. The second-order valence-electron chi connectivity index (χ2n) is 2.73. The van der Waals surface area contributed by atoms with Crippen LogP contribution < -0.4 is 5.73 Å². The van der Waals surface area contributed by atoms with E-state index in [0.717, 1.165) is 18.5 Å². The number of oxazole rings is 1. The van der Waals surface area contributed by atoms with Crippen molar-refractivity contribution in [2.45, 2.75) is 6.18 Å². The first-order valence-corrected chi connectivity index (χ1v) is 3.69. The highest BCUT2D eigenvalue weighted by Gasteiger charge is 2.34. The van der Waals surface area contributed by atoms with Crippen LogP contribution in [-0.2, 0) is 6.18 Å². The van der Waals surface area contributed by atoms with Gasteiger partial charge < -0.3 is 10.2 Å². The van der Waals surface area contributed by atoms with E-state index < -0.39 is 11.7 Å². The zero-order valence-electron chi connectivity index (χ0n) is 6.80. The third-order valence-corrected chi connectivity index (χ3v) is 1.82. The summed E-state index contributed by atoms with van der Waals surface area (Å²) >= 11 is 0. The Morgan fingerprint density at radius 2 is 2.00 bits per heavy atom. The fourth-order valence-electron chi connectivity index (χ4n) is 1.19. The second-order valence-corrected chi connectivity index (χ2v) is 2.73. The third-order valence-electron chi connectivity index (χ3n) is 1.82. The van der Waals surface area contributed by atoms with Crippen LogP contribution in [0.2, 0.25) is 0 Å². The van der Waals surface area contributed by atoms with Gasteiger partial charge in [0, 0.05) is 0 Å². The molecule has 0 saturated carbocycles. The second kappa shape index (κ2) is 2.63. The number of anilines is 1. The summed E-state index contributed by atoms with van der Waals surface area (Å²) in [5.74, 6) is 0. The third kappa shape index (κ3) is 1.19. The lowest BCUT2D eigenvalue weighted by Gasteiger charge is -2.06. The highest BCUT2D eigenvalue weighted by atomic mass is 19.4. The molecule has 2 N–H and O–H groups in total. The number of rotatable bonds is 0. The molecule has 0 aliphatic rings. The molecule has 6 heteroatoms. The predicted molar refractivity (Wildman–Crippen MR) is 43.4 cm³/mol. The Kier molecular flexibility index (Phi) is 1.67. The highest BCUT2D eigenvalue weighted by molar-refractivity contribution is 5.87. The maximum absolute atomic E-state index is 12.4. The van der Waals surface area contributed by atoms with Gasteiger partial charge in [-0.1, -0.05) is 0 Å². The van der Waals surface area contributed by atoms with Crippen LogP contribution in [0.5, 0.6) is 0 Å². The van der Waals surface area contributed by atoms with Crippen LogP contribution in [0.15, 0.2) is 22.9 Å². The summed E-state index contributed by atoms with van der Waals surface area (Å²) in [5, 5.41) is 0. The molecule has 0 atom stereocenters. The fourth-order valence-corrected chi connectivity index (χ4v) is 1.19. The Morgan fingerprint density at radius 1 is 1.29 bits per heavy atom. The minimum atomic E-state index is -4.45. The quantitative estimate of drug-likeness (QED) is 0.667. The topological polar surface area (TPSA) is 52.0 Å². The lowest BCUT2D eigenvalue weighted by Crippen LogP contribution is -2.05. The van der Waals surface area contributed by atoms with Crippen molar-refractivity contribution >= 4 is 16.8 Å². The van der Waals surface area contributed by atoms with E-state index in [2.05, 4.69) is 9.40 Å². The maximum atomic E-state index is 12.4. The zero-order valence-corrected chi connectivity index (χ0v) is 6.80.